The molecule has 3 atom stereocenters. The van der Waals surface area contributed by atoms with E-state index >= 15 is 0 Å². The summed E-state index contributed by atoms with van der Waals surface area (Å²) in [6.45, 7) is 14.2. The summed E-state index contributed by atoms with van der Waals surface area (Å²) >= 11 is 6.00. The van der Waals surface area contributed by atoms with Crippen molar-refractivity contribution >= 4 is 73.0 Å². The molecule has 0 nitrogen and oxygen atoms in total. The second-order valence-electron chi connectivity index (χ2n) is 16.7. The lowest BCUT2D eigenvalue weighted by Crippen LogP contribution is -2.01. The van der Waals surface area contributed by atoms with Crippen LogP contribution in [0.4, 0.5) is 0 Å². The molecule has 3 heterocycles. The minimum absolute atomic E-state index is 0.488. The van der Waals surface area contributed by atoms with E-state index in [0.29, 0.717) is 5.92 Å². The number of aryl methyl sites for hydroxylation is 1. The van der Waals surface area contributed by atoms with Gasteiger partial charge in [-0.15, -0.1) is 34.0 Å². The number of allylic oxidation sites excluding steroid dienone is 4. The number of fused-ring (bicyclic) bond motifs is 7. The fraction of sp³-hybridized carbons (Fsp3) is 0.458. The summed E-state index contributed by atoms with van der Waals surface area (Å²) in [7, 11) is 0. The topological polar surface area (TPSA) is 0 Å². The van der Waals surface area contributed by atoms with Gasteiger partial charge in [-0.25, -0.2) is 0 Å². The lowest BCUT2D eigenvalue weighted by atomic mass is 9.87. The molecular formula is C48H58S3. The average Bonchev–Trinajstić information content (AvgIpc) is 3.78. The van der Waals surface area contributed by atoms with E-state index in [0.717, 1.165) is 30.1 Å². The zero-order valence-electron chi connectivity index (χ0n) is 31.9. The van der Waals surface area contributed by atoms with Crippen molar-refractivity contribution in [2.45, 2.75) is 118 Å². The van der Waals surface area contributed by atoms with Gasteiger partial charge in [0.1, 0.15) is 0 Å². The Labute approximate surface area is 319 Å². The van der Waals surface area contributed by atoms with Crippen LogP contribution in [0.3, 0.4) is 0 Å². The Morgan fingerprint density at radius 2 is 1.16 bits per heavy atom. The van der Waals surface area contributed by atoms with Crippen LogP contribution in [0.25, 0.3) is 50.1 Å². The van der Waals surface area contributed by atoms with Gasteiger partial charge < -0.3 is 0 Å². The second kappa shape index (κ2) is 16.5. The van der Waals surface area contributed by atoms with E-state index in [9.17, 15) is 0 Å². The molecule has 0 N–H and O–H groups in total. The first-order valence-corrected chi connectivity index (χ1v) is 22.4. The predicted octanol–water partition coefficient (Wildman–Crippen LogP) is 16.8. The fourth-order valence-electron chi connectivity index (χ4n) is 8.00. The summed E-state index contributed by atoms with van der Waals surface area (Å²) in [5, 5.41) is 2.85. The molecule has 7 rings (SSSR count). The van der Waals surface area contributed by atoms with Gasteiger partial charge in [0.2, 0.25) is 0 Å². The lowest BCUT2D eigenvalue weighted by molar-refractivity contribution is 0.437. The molecule has 1 aliphatic rings. The predicted molar refractivity (Wildman–Crippen MR) is 233 cm³/mol. The monoisotopic (exact) mass is 730 g/mol. The SMILES string of the molecule is CC(C)CCCC(C)CCC1=CCC(c2ccc3c(c2)sc2c3sc3c4ccc(-c5ccc(CCC(C)CCCC(C)C)cc5)cc4sc32)C=C1. The van der Waals surface area contributed by atoms with Gasteiger partial charge in [-0.1, -0.05) is 152 Å². The molecule has 51 heavy (non-hydrogen) atoms. The molecule has 3 aromatic heterocycles. The van der Waals surface area contributed by atoms with Gasteiger partial charge >= 0.3 is 0 Å². The van der Waals surface area contributed by atoms with E-state index in [-0.39, 0.29) is 0 Å². The third kappa shape index (κ3) is 8.75. The van der Waals surface area contributed by atoms with Gasteiger partial charge in [-0.3, -0.25) is 0 Å². The highest BCUT2D eigenvalue weighted by atomic mass is 32.1. The highest BCUT2D eigenvalue weighted by Crippen LogP contribution is 2.51. The maximum atomic E-state index is 2.52. The van der Waals surface area contributed by atoms with Crippen molar-refractivity contribution in [2.24, 2.45) is 23.7 Å². The molecule has 3 heteroatoms. The lowest BCUT2D eigenvalue weighted by Gasteiger charge is -2.18. The van der Waals surface area contributed by atoms with Crippen LogP contribution in [0.15, 0.2) is 84.5 Å². The van der Waals surface area contributed by atoms with Crippen LogP contribution in [0.2, 0.25) is 0 Å². The quantitative estimate of drug-likeness (QED) is 0.0930. The zero-order chi connectivity index (χ0) is 35.5. The highest BCUT2D eigenvalue weighted by molar-refractivity contribution is 7.43. The van der Waals surface area contributed by atoms with E-state index in [4.69, 9.17) is 0 Å². The van der Waals surface area contributed by atoms with Crippen molar-refractivity contribution in [3.05, 3.63) is 95.6 Å². The van der Waals surface area contributed by atoms with Gasteiger partial charge in [-0.05, 0) is 90.2 Å². The van der Waals surface area contributed by atoms with Gasteiger partial charge in [0.15, 0.2) is 0 Å². The largest absolute Gasteiger partial charge is 0.133 e. The minimum atomic E-state index is 0.488. The highest BCUT2D eigenvalue weighted by Gasteiger charge is 2.19. The number of thiophene rings is 3. The Balaban J connectivity index is 1.01. The van der Waals surface area contributed by atoms with Crippen LogP contribution in [0.1, 0.15) is 123 Å². The van der Waals surface area contributed by atoms with Crippen molar-refractivity contribution in [3.8, 4) is 11.1 Å². The van der Waals surface area contributed by atoms with Crippen LogP contribution >= 0.6 is 34.0 Å². The fourth-order valence-corrected chi connectivity index (χ4v) is 12.4. The van der Waals surface area contributed by atoms with Crippen molar-refractivity contribution in [2.75, 3.05) is 0 Å². The first-order valence-electron chi connectivity index (χ1n) is 20.0. The average molecular weight is 731 g/mol. The Kier molecular flexibility index (Phi) is 11.9. The van der Waals surface area contributed by atoms with E-state index in [1.54, 1.807) is 5.57 Å². The summed E-state index contributed by atoms with van der Waals surface area (Å²) in [5.41, 5.74) is 7.13. The van der Waals surface area contributed by atoms with Gasteiger partial charge in [0.05, 0.1) is 18.8 Å². The number of hydrogen-bond acceptors (Lipinski definition) is 3. The minimum Gasteiger partial charge on any atom is -0.133 e. The van der Waals surface area contributed by atoms with E-state index in [2.05, 4.69) is 120 Å². The summed E-state index contributed by atoms with van der Waals surface area (Å²) in [6, 6.07) is 23.8. The molecule has 0 bridgehead atoms. The van der Waals surface area contributed by atoms with Crippen LogP contribution < -0.4 is 0 Å². The third-order valence-corrected chi connectivity index (χ3v) is 15.4. The number of rotatable bonds is 16. The van der Waals surface area contributed by atoms with Crippen molar-refractivity contribution < 1.29 is 0 Å². The van der Waals surface area contributed by atoms with Gasteiger partial charge in [0.25, 0.3) is 0 Å². The molecule has 0 aliphatic heterocycles. The Morgan fingerprint density at radius 3 is 1.76 bits per heavy atom. The number of benzene rings is 3. The summed E-state index contributed by atoms with van der Waals surface area (Å²) in [5.74, 6) is 3.77. The Morgan fingerprint density at radius 1 is 0.569 bits per heavy atom. The molecule has 3 aromatic carbocycles. The van der Waals surface area contributed by atoms with Crippen molar-refractivity contribution in [1.82, 2.24) is 0 Å². The first-order chi connectivity index (χ1) is 24.7. The molecule has 0 amide bonds. The van der Waals surface area contributed by atoms with Crippen LogP contribution in [-0.2, 0) is 6.42 Å². The summed E-state index contributed by atoms with van der Waals surface area (Å²) in [6.07, 6.45) is 21.8. The van der Waals surface area contributed by atoms with Crippen LogP contribution in [-0.4, -0.2) is 0 Å². The maximum absolute atomic E-state index is 2.52. The van der Waals surface area contributed by atoms with Gasteiger partial charge in [-0.2, -0.15) is 0 Å². The summed E-state index contributed by atoms with van der Waals surface area (Å²) in [4.78, 5) is 0. The Hall–Kier alpha value is -2.72. The summed E-state index contributed by atoms with van der Waals surface area (Å²) < 4.78 is 8.75. The standard InChI is InChI=1S/C48H58S3/c1-31(2)9-7-11-33(5)13-15-35-17-21-37(22-18-35)39-25-27-41-43(29-39)49-47-45(41)51-46-42-28-26-40(30-44(42)50-48(46)47)38-23-19-36(20-24-38)16-14-34(6)12-8-10-32(3)4/h17-23,25-34,38H,7-16,24H2,1-6H3. The van der Waals surface area contributed by atoms with E-state index in [1.807, 2.05) is 34.0 Å². The molecule has 0 saturated carbocycles. The smallest absolute Gasteiger partial charge is 0.0642 e. The Bertz CT molecular complexity index is 2130. The number of hydrogen-bond donors (Lipinski definition) is 0. The third-order valence-electron chi connectivity index (χ3n) is 11.4. The first kappa shape index (κ1) is 36.6. The molecule has 3 unspecified atom stereocenters. The molecule has 1 aliphatic carbocycles. The molecular weight excluding hydrogens is 673 g/mol. The zero-order valence-corrected chi connectivity index (χ0v) is 34.3. The molecule has 0 saturated heterocycles. The molecule has 0 radical (unpaired) electrons. The van der Waals surface area contributed by atoms with E-state index in [1.165, 1.54) is 125 Å². The van der Waals surface area contributed by atoms with Crippen LogP contribution in [0, 0.1) is 23.7 Å². The van der Waals surface area contributed by atoms with E-state index < -0.39 is 0 Å². The maximum Gasteiger partial charge on any atom is 0.0642 e. The van der Waals surface area contributed by atoms with Crippen molar-refractivity contribution in [3.63, 3.8) is 0 Å². The molecule has 0 spiro atoms. The van der Waals surface area contributed by atoms with Gasteiger partial charge in [0, 0.05) is 26.1 Å². The molecule has 268 valence electrons. The van der Waals surface area contributed by atoms with Crippen molar-refractivity contribution in [1.29, 1.82) is 0 Å². The second-order valence-corrected chi connectivity index (χ2v) is 19.8. The normalized spacial score (nSPS) is 16.4. The van der Waals surface area contributed by atoms with Crippen LogP contribution in [0.5, 0.6) is 0 Å². The molecule has 6 aromatic rings. The molecule has 0 fully saturated rings.